The molecule has 0 bridgehead atoms. The van der Waals surface area contributed by atoms with Crippen molar-refractivity contribution in [1.82, 2.24) is 4.98 Å². The minimum absolute atomic E-state index is 0.510. The summed E-state index contributed by atoms with van der Waals surface area (Å²) < 4.78 is 0. The molecule has 0 rings (SSSR count). The molecule has 0 aromatic rings. The van der Waals surface area contributed by atoms with Gasteiger partial charge in [0, 0.05) is 0 Å². The average molecular weight is 145 g/mol. The Labute approximate surface area is 60.5 Å². The molecule has 0 spiro atoms. The first kappa shape index (κ1) is 9.18. The van der Waals surface area contributed by atoms with Crippen molar-refractivity contribution < 1.29 is 0 Å². The summed E-state index contributed by atoms with van der Waals surface area (Å²) in [5.41, 5.74) is 0. The first-order chi connectivity index (χ1) is 4.16. The van der Waals surface area contributed by atoms with Gasteiger partial charge in [-0.3, -0.25) is 0 Å². The smallest absolute Gasteiger partial charge is 0.106 e. The van der Waals surface area contributed by atoms with Crippen LogP contribution in [0.3, 0.4) is 0 Å². The summed E-state index contributed by atoms with van der Waals surface area (Å²) in [5.74, 6) is 0.880. The second kappa shape index (κ2) is 5.00. The van der Waals surface area contributed by atoms with Crippen LogP contribution in [0.15, 0.2) is 0 Å². The van der Waals surface area contributed by atoms with Crippen LogP contribution >= 0.6 is 0 Å². The maximum absolute atomic E-state index is 3.52. The van der Waals surface area contributed by atoms with Gasteiger partial charge >= 0.3 is 0 Å². The zero-order valence-electron chi connectivity index (χ0n) is 7.07. The number of hydrogen-bond donors (Lipinski definition) is 1. The maximum atomic E-state index is 3.52. The third-order valence-corrected chi connectivity index (χ3v) is 4.13. The second-order valence-corrected chi connectivity index (χ2v) is 5.77. The van der Waals surface area contributed by atoms with Crippen molar-refractivity contribution in [3.63, 3.8) is 0 Å². The molecule has 0 amide bonds. The normalized spacial score (nSPS) is 14.3. The molecule has 0 saturated heterocycles. The van der Waals surface area contributed by atoms with Crippen molar-refractivity contribution >= 4 is 8.96 Å². The van der Waals surface area contributed by atoms with Gasteiger partial charge in [-0.25, -0.2) is 0 Å². The topological polar surface area (TPSA) is 12.0 Å². The fourth-order valence-corrected chi connectivity index (χ4v) is 3.42. The molecule has 0 aliphatic heterocycles. The van der Waals surface area contributed by atoms with Crippen LogP contribution in [0.4, 0.5) is 0 Å². The number of nitrogens with one attached hydrogen (secondary N) is 1. The van der Waals surface area contributed by atoms with E-state index >= 15 is 0 Å². The van der Waals surface area contributed by atoms with Gasteiger partial charge in [0.1, 0.15) is 8.96 Å². The van der Waals surface area contributed by atoms with Gasteiger partial charge in [0.25, 0.3) is 0 Å². The molecule has 1 nitrogen and oxygen atoms in total. The number of hydrogen-bond acceptors (Lipinski definition) is 1. The third kappa shape index (κ3) is 6.06. The molecule has 0 aliphatic carbocycles. The van der Waals surface area contributed by atoms with Crippen molar-refractivity contribution in [2.75, 3.05) is 6.54 Å². The van der Waals surface area contributed by atoms with Crippen LogP contribution in [-0.4, -0.2) is 15.5 Å². The Morgan fingerprint density at radius 2 is 2.00 bits per heavy atom. The summed E-state index contributed by atoms with van der Waals surface area (Å²) in [7, 11) is -0.510. The lowest BCUT2D eigenvalue weighted by molar-refractivity contribution is 0.717. The lowest BCUT2D eigenvalue weighted by atomic mass is 10.3. The van der Waals surface area contributed by atoms with Crippen LogP contribution in [0, 0.1) is 5.92 Å². The van der Waals surface area contributed by atoms with Crippen molar-refractivity contribution in [1.29, 1.82) is 0 Å². The van der Waals surface area contributed by atoms with Gasteiger partial charge in [0.05, 0.1) is 0 Å². The zero-order chi connectivity index (χ0) is 7.28. The fraction of sp³-hybridized carbons (Fsp3) is 1.00. The Hall–Kier alpha value is 0.177. The first-order valence-electron chi connectivity index (χ1n) is 3.90. The monoisotopic (exact) mass is 145 g/mol. The van der Waals surface area contributed by atoms with E-state index in [1.165, 1.54) is 6.04 Å². The minimum atomic E-state index is -0.510. The summed E-state index contributed by atoms with van der Waals surface area (Å²) in [4.78, 5) is 3.52. The molecule has 9 heavy (non-hydrogen) atoms. The molecule has 0 saturated carbocycles. The van der Waals surface area contributed by atoms with Crippen molar-refractivity contribution in [3.8, 4) is 0 Å². The summed E-state index contributed by atoms with van der Waals surface area (Å²) >= 11 is 0. The van der Waals surface area contributed by atoms with Crippen LogP contribution in [0.5, 0.6) is 0 Å². The molecule has 1 unspecified atom stereocenters. The highest BCUT2D eigenvalue weighted by Gasteiger charge is 2.03. The molecular weight excluding hydrogens is 126 g/mol. The van der Waals surface area contributed by atoms with E-state index < -0.39 is 8.96 Å². The Balaban J connectivity index is 3.15. The highest BCUT2D eigenvalue weighted by atomic mass is 28.3. The molecule has 1 N–H and O–H groups in total. The molecule has 0 aliphatic rings. The predicted molar refractivity (Wildman–Crippen MR) is 46.3 cm³/mol. The summed E-state index contributed by atoms with van der Waals surface area (Å²) in [6.45, 7) is 10.3. The van der Waals surface area contributed by atoms with E-state index in [0.717, 1.165) is 12.5 Å². The standard InChI is InChI=1S/C7H19NSi/c1-5-8-9(4)6-7(2)3/h7-9H,5-6H2,1-4H3. The van der Waals surface area contributed by atoms with Gasteiger partial charge in [-0.05, 0) is 18.5 Å². The van der Waals surface area contributed by atoms with Crippen LogP contribution < -0.4 is 4.98 Å². The first-order valence-corrected chi connectivity index (χ1v) is 6.45. The molecule has 0 radical (unpaired) electrons. The fourth-order valence-electron chi connectivity index (χ4n) is 1.14. The van der Waals surface area contributed by atoms with E-state index in [2.05, 4.69) is 32.3 Å². The second-order valence-electron chi connectivity index (χ2n) is 3.09. The maximum Gasteiger partial charge on any atom is 0.106 e. The van der Waals surface area contributed by atoms with Crippen molar-refractivity contribution in [3.05, 3.63) is 0 Å². The Bertz CT molecular complexity index is 63.9. The quantitative estimate of drug-likeness (QED) is 0.593. The van der Waals surface area contributed by atoms with Crippen LogP contribution in [0.1, 0.15) is 20.8 Å². The molecular formula is C7H19NSi. The van der Waals surface area contributed by atoms with Crippen LogP contribution in [-0.2, 0) is 0 Å². The predicted octanol–water partition coefficient (Wildman–Crippen LogP) is 1.61. The van der Waals surface area contributed by atoms with Gasteiger partial charge in [-0.1, -0.05) is 27.3 Å². The number of rotatable bonds is 4. The minimum Gasteiger partial charge on any atom is -0.340 e. The SMILES string of the molecule is CCN[SiH](C)CC(C)C. The Kier molecular flexibility index (Phi) is 5.10. The Morgan fingerprint density at radius 1 is 1.44 bits per heavy atom. The summed E-state index contributed by atoms with van der Waals surface area (Å²) in [6.07, 6.45) is 0. The van der Waals surface area contributed by atoms with E-state index in [9.17, 15) is 0 Å². The molecule has 1 atom stereocenters. The van der Waals surface area contributed by atoms with Gasteiger partial charge in [0.2, 0.25) is 0 Å². The van der Waals surface area contributed by atoms with Crippen molar-refractivity contribution in [2.24, 2.45) is 5.92 Å². The lowest BCUT2D eigenvalue weighted by Crippen LogP contribution is -2.31. The van der Waals surface area contributed by atoms with Gasteiger partial charge in [-0.2, -0.15) is 0 Å². The Morgan fingerprint density at radius 3 is 2.33 bits per heavy atom. The van der Waals surface area contributed by atoms with E-state index in [-0.39, 0.29) is 0 Å². The molecule has 56 valence electrons. The van der Waals surface area contributed by atoms with Gasteiger partial charge < -0.3 is 4.98 Å². The zero-order valence-corrected chi connectivity index (χ0v) is 8.22. The van der Waals surface area contributed by atoms with E-state index in [4.69, 9.17) is 0 Å². The molecule has 0 heterocycles. The van der Waals surface area contributed by atoms with Crippen LogP contribution in [0.2, 0.25) is 12.6 Å². The highest BCUT2D eigenvalue weighted by Crippen LogP contribution is 2.02. The lowest BCUT2D eigenvalue weighted by Gasteiger charge is -2.11. The van der Waals surface area contributed by atoms with E-state index in [1.54, 1.807) is 0 Å². The van der Waals surface area contributed by atoms with Gasteiger partial charge in [0.15, 0.2) is 0 Å². The largest absolute Gasteiger partial charge is 0.340 e. The molecule has 0 aromatic heterocycles. The van der Waals surface area contributed by atoms with Gasteiger partial charge in [-0.15, -0.1) is 0 Å². The third-order valence-electron chi connectivity index (χ3n) is 1.38. The highest BCUT2D eigenvalue weighted by molar-refractivity contribution is 6.54. The summed E-state index contributed by atoms with van der Waals surface area (Å²) in [6, 6.07) is 1.42. The molecule has 0 aromatic carbocycles. The molecule has 2 heteroatoms. The average Bonchev–Trinajstić information content (AvgIpc) is 1.63. The van der Waals surface area contributed by atoms with Crippen LogP contribution in [0.25, 0.3) is 0 Å². The van der Waals surface area contributed by atoms with E-state index in [0.29, 0.717) is 0 Å². The van der Waals surface area contributed by atoms with Crippen molar-refractivity contribution in [2.45, 2.75) is 33.4 Å². The molecule has 0 fully saturated rings. The van der Waals surface area contributed by atoms with E-state index in [1.807, 2.05) is 0 Å². The summed E-state index contributed by atoms with van der Waals surface area (Å²) in [5, 5.41) is 0.